The van der Waals surface area contributed by atoms with Gasteiger partial charge in [0.25, 0.3) is 0 Å². The van der Waals surface area contributed by atoms with Crippen molar-refractivity contribution in [3.8, 4) is 0 Å². The molecule has 0 aliphatic carbocycles. The third kappa shape index (κ3) is 8.11. The molecule has 1 N–H and O–H groups in total. The van der Waals surface area contributed by atoms with E-state index in [2.05, 4.69) is 5.32 Å². The van der Waals surface area contributed by atoms with E-state index in [0.29, 0.717) is 19.6 Å². The first-order valence-corrected chi connectivity index (χ1v) is 9.45. The van der Waals surface area contributed by atoms with Gasteiger partial charge in [-0.15, -0.1) is 0 Å². The molecule has 23 heavy (non-hydrogen) atoms. The molecule has 0 aromatic heterocycles. The van der Waals surface area contributed by atoms with Crippen LogP contribution in [0, 0.1) is 6.92 Å². The maximum Gasteiger partial charge on any atom is 0.221 e. The number of nitrogens with zero attached hydrogens (tertiary/aromatic N) is 2. The van der Waals surface area contributed by atoms with E-state index in [4.69, 9.17) is 0 Å². The molecule has 7 heteroatoms. The number of benzene rings is 1. The van der Waals surface area contributed by atoms with E-state index in [9.17, 15) is 13.2 Å². The molecule has 0 fully saturated rings. The van der Waals surface area contributed by atoms with Crippen molar-refractivity contribution in [1.82, 2.24) is 14.5 Å². The lowest BCUT2D eigenvalue weighted by atomic mass is 10.1. The van der Waals surface area contributed by atoms with Gasteiger partial charge in [-0.2, -0.15) is 0 Å². The number of rotatable bonds is 9. The van der Waals surface area contributed by atoms with Gasteiger partial charge in [0.1, 0.15) is 0 Å². The Balaban J connectivity index is 2.45. The van der Waals surface area contributed by atoms with Crippen LogP contribution >= 0.6 is 0 Å². The van der Waals surface area contributed by atoms with Gasteiger partial charge in [0.05, 0.1) is 6.26 Å². The van der Waals surface area contributed by atoms with Gasteiger partial charge in [0.2, 0.25) is 15.9 Å². The predicted octanol–water partition coefficient (Wildman–Crippen LogP) is 0.825. The summed E-state index contributed by atoms with van der Waals surface area (Å²) in [5, 5.41) is 2.83. The Bertz CT molecular complexity index is 615. The number of sulfonamides is 1. The van der Waals surface area contributed by atoms with Crippen LogP contribution < -0.4 is 5.32 Å². The molecule has 1 aromatic carbocycles. The molecule has 0 heterocycles. The largest absolute Gasteiger partial charge is 0.352 e. The van der Waals surface area contributed by atoms with Crippen molar-refractivity contribution >= 4 is 15.9 Å². The smallest absolute Gasteiger partial charge is 0.221 e. The second kappa shape index (κ2) is 9.00. The van der Waals surface area contributed by atoms with Crippen molar-refractivity contribution in [2.75, 3.05) is 40.0 Å². The van der Waals surface area contributed by atoms with E-state index >= 15 is 0 Å². The minimum Gasteiger partial charge on any atom is -0.352 e. The van der Waals surface area contributed by atoms with Gasteiger partial charge in [-0.05, 0) is 26.6 Å². The number of likely N-dealkylation sites (N-methyl/N-ethyl adjacent to an activating group) is 1. The summed E-state index contributed by atoms with van der Waals surface area (Å²) in [6.07, 6.45) is 1.33. The molecule has 0 spiro atoms. The molecule has 6 nitrogen and oxygen atoms in total. The SMILES string of the molecule is Cc1cccc(CNC(=O)CCN(CCN(C)C)S(C)(=O)=O)c1. The van der Waals surface area contributed by atoms with Crippen LogP contribution in [0.25, 0.3) is 0 Å². The monoisotopic (exact) mass is 341 g/mol. The standard InChI is InChI=1S/C16H27N3O3S/c1-14-6-5-7-15(12-14)13-17-16(20)8-9-19(23(4,21)22)11-10-18(2)3/h5-7,12H,8-11,13H2,1-4H3,(H,17,20). The fraction of sp³-hybridized carbons (Fsp3) is 0.562. The number of carbonyl (C=O) groups is 1. The van der Waals surface area contributed by atoms with E-state index in [1.165, 1.54) is 10.6 Å². The molecular weight excluding hydrogens is 314 g/mol. The molecule has 0 aliphatic heterocycles. The summed E-state index contributed by atoms with van der Waals surface area (Å²) in [4.78, 5) is 13.8. The summed E-state index contributed by atoms with van der Waals surface area (Å²) in [6, 6.07) is 7.91. The van der Waals surface area contributed by atoms with E-state index in [0.717, 1.165) is 11.1 Å². The first-order valence-electron chi connectivity index (χ1n) is 7.60. The fourth-order valence-electron chi connectivity index (χ4n) is 2.09. The Morgan fingerprint density at radius 2 is 1.87 bits per heavy atom. The van der Waals surface area contributed by atoms with Crippen LogP contribution in [0.15, 0.2) is 24.3 Å². The highest BCUT2D eigenvalue weighted by atomic mass is 32.2. The van der Waals surface area contributed by atoms with E-state index < -0.39 is 10.0 Å². The van der Waals surface area contributed by atoms with Crippen molar-refractivity contribution in [1.29, 1.82) is 0 Å². The number of nitrogens with one attached hydrogen (secondary N) is 1. The van der Waals surface area contributed by atoms with Crippen molar-refractivity contribution < 1.29 is 13.2 Å². The highest BCUT2D eigenvalue weighted by Gasteiger charge is 2.17. The summed E-state index contributed by atoms with van der Waals surface area (Å²) >= 11 is 0. The van der Waals surface area contributed by atoms with Gasteiger partial charge in [-0.1, -0.05) is 29.8 Å². The van der Waals surface area contributed by atoms with Crippen molar-refractivity contribution in [2.24, 2.45) is 0 Å². The van der Waals surface area contributed by atoms with Crippen molar-refractivity contribution in [3.05, 3.63) is 35.4 Å². The molecule has 130 valence electrons. The maximum atomic E-state index is 11.9. The van der Waals surface area contributed by atoms with Crippen LogP contribution in [-0.2, 0) is 21.4 Å². The molecule has 0 unspecified atom stereocenters. The van der Waals surface area contributed by atoms with Gasteiger partial charge in [0, 0.05) is 32.6 Å². The summed E-state index contributed by atoms with van der Waals surface area (Å²) in [6.45, 7) is 3.67. The number of carbonyl (C=O) groups excluding carboxylic acids is 1. The van der Waals surface area contributed by atoms with Crippen LogP contribution in [0.1, 0.15) is 17.5 Å². The molecule has 1 rings (SSSR count). The van der Waals surface area contributed by atoms with Crippen LogP contribution in [-0.4, -0.2) is 63.5 Å². The molecule has 0 saturated heterocycles. The average molecular weight is 341 g/mol. The summed E-state index contributed by atoms with van der Waals surface area (Å²) in [5.41, 5.74) is 2.18. The Morgan fingerprint density at radius 1 is 1.17 bits per heavy atom. The molecule has 0 atom stereocenters. The van der Waals surface area contributed by atoms with Gasteiger partial charge in [0.15, 0.2) is 0 Å². The molecular formula is C16H27N3O3S. The van der Waals surface area contributed by atoms with Crippen molar-refractivity contribution in [2.45, 2.75) is 19.9 Å². The molecule has 1 aromatic rings. The summed E-state index contributed by atoms with van der Waals surface area (Å²) in [7, 11) is 0.466. The Morgan fingerprint density at radius 3 is 2.43 bits per heavy atom. The normalized spacial score (nSPS) is 11.9. The molecule has 0 bridgehead atoms. The third-order valence-corrected chi connectivity index (χ3v) is 4.73. The third-order valence-electron chi connectivity index (χ3n) is 3.43. The van der Waals surface area contributed by atoms with Gasteiger partial charge >= 0.3 is 0 Å². The number of hydrogen-bond donors (Lipinski definition) is 1. The lowest BCUT2D eigenvalue weighted by Gasteiger charge is -2.21. The molecule has 1 amide bonds. The lowest BCUT2D eigenvalue weighted by molar-refractivity contribution is -0.121. The quantitative estimate of drug-likeness (QED) is 0.722. The maximum absolute atomic E-state index is 11.9. The van der Waals surface area contributed by atoms with Crippen LogP contribution in [0.5, 0.6) is 0 Å². The Kier molecular flexibility index (Phi) is 7.67. The first kappa shape index (κ1) is 19.6. The van der Waals surface area contributed by atoms with E-state index in [1.54, 1.807) is 0 Å². The highest BCUT2D eigenvalue weighted by Crippen LogP contribution is 2.04. The second-order valence-electron chi connectivity index (χ2n) is 5.98. The molecule has 0 radical (unpaired) electrons. The van der Waals surface area contributed by atoms with E-state index in [-0.39, 0.29) is 18.9 Å². The molecule has 0 aliphatic rings. The van der Waals surface area contributed by atoms with Crippen LogP contribution in [0.2, 0.25) is 0 Å². The summed E-state index contributed by atoms with van der Waals surface area (Å²) < 4.78 is 24.8. The molecule has 0 saturated carbocycles. The average Bonchev–Trinajstić information content (AvgIpc) is 2.43. The summed E-state index contributed by atoms with van der Waals surface area (Å²) in [5.74, 6) is -0.148. The first-order chi connectivity index (χ1) is 10.7. The number of amides is 1. The van der Waals surface area contributed by atoms with Gasteiger partial charge in [-0.25, -0.2) is 12.7 Å². The second-order valence-corrected chi connectivity index (χ2v) is 7.96. The number of hydrogen-bond acceptors (Lipinski definition) is 4. The highest BCUT2D eigenvalue weighted by molar-refractivity contribution is 7.88. The topological polar surface area (TPSA) is 69.7 Å². The van der Waals surface area contributed by atoms with Gasteiger partial charge < -0.3 is 10.2 Å². The predicted molar refractivity (Wildman–Crippen MR) is 92.6 cm³/mol. The number of aryl methyl sites for hydroxylation is 1. The zero-order chi connectivity index (χ0) is 17.5. The zero-order valence-electron chi connectivity index (χ0n) is 14.4. The Labute approximate surface area is 139 Å². The fourth-order valence-corrected chi connectivity index (χ4v) is 2.93. The van der Waals surface area contributed by atoms with Crippen molar-refractivity contribution in [3.63, 3.8) is 0 Å². The minimum absolute atomic E-state index is 0.148. The Hall–Kier alpha value is -1.44. The van der Waals surface area contributed by atoms with Crippen LogP contribution in [0.4, 0.5) is 0 Å². The zero-order valence-corrected chi connectivity index (χ0v) is 15.2. The van der Waals surface area contributed by atoms with Crippen LogP contribution in [0.3, 0.4) is 0 Å². The van der Waals surface area contributed by atoms with E-state index in [1.807, 2.05) is 50.2 Å². The lowest BCUT2D eigenvalue weighted by Crippen LogP contribution is -2.38. The minimum atomic E-state index is -3.30. The van der Waals surface area contributed by atoms with Gasteiger partial charge in [-0.3, -0.25) is 4.79 Å².